The highest BCUT2D eigenvalue weighted by Crippen LogP contribution is 2.35. The quantitative estimate of drug-likeness (QED) is 0.708. The number of benzene rings is 1. The van der Waals surface area contributed by atoms with Crippen molar-refractivity contribution in [2.24, 2.45) is 0 Å². The van der Waals surface area contributed by atoms with Gasteiger partial charge >= 0.3 is 12.0 Å². The minimum atomic E-state index is -1.05. The van der Waals surface area contributed by atoms with Gasteiger partial charge < -0.3 is 25.4 Å². The largest absolute Gasteiger partial charge is 0.480 e. The monoisotopic (exact) mass is 440 g/mol. The fraction of sp³-hybridized carbons (Fsp3) is 0.381. The maximum absolute atomic E-state index is 13.3. The first-order valence-corrected chi connectivity index (χ1v) is 10.3. The van der Waals surface area contributed by atoms with Crippen LogP contribution in [0, 0.1) is 6.92 Å². The molecule has 3 N–H and O–H groups in total. The van der Waals surface area contributed by atoms with Crippen LogP contribution in [0.4, 0.5) is 22.0 Å². The van der Waals surface area contributed by atoms with Crippen molar-refractivity contribution in [3.63, 3.8) is 0 Å². The first-order chi connectivity index (χ1) is 15.3. The third-order valence-electron chi connectivity index (χ3n) is 5.60. The number of urea groups is 1. The van der Waals surface area contributed by atoms with Crippen molar-refractivity contribution >= 4 is 35.1 Å². The number of aromatic nitrogens is 2. The molecule has 1 aromatic heterocycles. The van der Waals surface area contributed by atoms with Crippen molar-refractivity contribution in [2.45, 2.75) is 20.3 Å². The van der Waals surface area contributed by atoms with E-state index >= 15 is 0 Å². The van der Waals surface area contributed by atoms with Crippen LogP contribution in [0.5, 0.6) is 5.88 Å². The number of rotatable bonds is 5. The lowest BCUT2D eigenvalue weighted by Crippen LogP contribution is -2.36. The molecule has 3 amide bonds. The lowest BCUT2D eigenvalue weighted by atomic mass is 10.0. The van der Waals surface area contributed by atoms with Gasteiger partial charge in [-0.1, -0.05) is 6.92 Å². The standard InChI is InChI=1S/C21H24N6O5/c1-3-13-9-14(26-6-7-32-19-16(20(26)30)18(22)23-11-24-19)8-12(2)17(13)27-5-4-25(21(27)31)10-15(28)29/h8-9,11H,3-7,10H2,1-2H3,(H,28,29)(H2,22,23,24). The topological polar surface area (TPSA) is 142 Å². The molecule has 0 bridgehead atoms. The van der Waals surface area contributed by atoms with Gasteiger partial charge in [0, 0.05) is 18.8 Å². The summed E-state index contributed by atoms with van der Waals surface area (Å²) in [6, 6.07) is 3.37. The van der Waals surface area contributed by atoms with E-state index in [1.54, 1.807) is 9.80 Å². The number of aliphatic carboxylic acids is 1. The van der Waals surface area contributed by atoms with Crippen molar-refractivity contribution in [2.75, 3.05) is 48.3 Å². The molecule has 4 rings (SSSR count). The SMILES string of the molecule is CCc1cc(N2CCOc3ncnc(N)c3C2=O)cc(C)c1N1CCN(CC(=O)O)C1=O. The van der Waals surface area contributed by atoms with Crippen LogP contribution >= 0.6 is 0 Å². The molecule has 1 aromatic carbocycles. The molecular weight excluding hydrogens is 416 g/mol. The summed E-state index contributed by atoms with van der Waals surface area (Å²) in [7, 11) is 0. The fourth-order valence-corrected chi connectivity index (χ4v) is 4.15. The number of hydrogen-bond donors (Lipinski definition) is 2. The number of nitrogen functional groups attached to an aromatic ring is 1. The summed E-state index contributed by atoms with van der Waals surface area (Å²) in [4.78, 5) is 49.5. The summed E-state index contributed by atoms with van der Waals surface area (Å²) >= 11 is 0. The van der Waals surface area contributed by atoms with Gasteiger partial charge in [-0.05, 0) is 36.6 Å². The Morgan fingerprint density at radius 2 is 1.97 bits per heavy atom. The first kappa shape index (κ1) is 21.3. The summed E-state index contributed by atoms with van der Waals surface area (Å²) in [5.74, 6) is -1.18. The van der Waals surface area contributed by atoms with E-state index < -0.39 is 5.97 Å². The van der Waals surface area contributed by atoms with Gasteiger partial charge in [-0.25, -0.2) is 14.8 Å². The van der Waals surface area contributed by atoms with Crippen LogP contribution in [0.15, 0.2) is 18.5 Å². The smallest absolute Gasteiger partial charge is 0.325 e. The van der Waals surface area contributed by atoms with Crippen LogP contribution in [0.25, 0.3) is 0 Å². The highest BCUT2D eigenvalue weighted by atomic mass is 16.5. The van der Waals surface area contributed by atoms with Crippen LogP contribution < -0.4 is 20.3 Å². The number of carbonyl (C=O) groups is 3. The molecule has 2 aliphatic heterocycles. The predicted molar refractivity (Wildman–Crippen MR) is 116 cm³/mol. The first-order valence-electron chi connectivity index (χ1n) is 10.3. The molecule has 0 radical (unpaired) electrons. The van der Waals surface area contributed by atoms with E-state index in [0.717, 1.165) is 16.8 Å². The van der Waals surface area contributed by atoms with Gasteiger partial charge in [-0.15, -0.1) is 0 Å². The second-order valence-corrected chi connectivity index (χ2v) is 7.62. The van der Waals surface area contributed by atoms with Crippen LogP contribution in [0.2, 0.25) is 0 Å². The third kappa shape index (κ3) is 3.66. The Morgan fingerprint density at radius 1 is 1.19 bits per heavy atom. The van der Waals surface area contributed by atoms with Crippen LogP contribution in [-0.2, 0) is 11.2 Å². The average molecular weight is 440 g/mol. The molecule has 2 aromatic rings. The summed E-state index contributed by atoms with van der Waals surface area (Å²) < 4.78 is 5.60. The number of nitrogens with two attached hydrogens (primary N) is 1. The fourth-order valence-electron chi connectivity index (χ4n) is 4.15. The van der Waals surface area contributed by atoms with Crippen molar-refractivity contribution in [3.8, 4) is 5.88 Å². The van der Waals surface area contributed by atoms with Gasteiger partial charge in [-0.3, -0.25) is 14.5 Å². The van der Waals surface area contributed by atoms with E-state index in [4.69, 9.17) is 15.6 Å². The van der Waals surface area contributed by atoms with Crippen molar-refractivity contribution in [1.82, 2.24) is 14.9 Å². The van der Waals surface area contributed by atoms with E-state index in [-0.39, 0.29) is 42.4 Å². The molecule has 168 valence electrons. The molecule has 1 saturated heterocycles. The van der Waals surface area contributed by atoms with Gasteiger partial charge in [-0.2, -0.15) is 0 Å². The number of carboxylic acid groups (broad SMARTS) is 1. The van der Waals surface area contributed by atoms with Crippen LogP contribution in [0.1, 0.15) is 28.4 Å². The van der Waals surface area contributed by atoms with Crippen molar-refractivity contribution in [1.29, 1.82) is 0 Å². The van der Waals surface area contributed by atoms with Gasteiger partial charge in [0.1, 0.15) is 30.9 Å². The predicted octanol–water partition coefficient (Wildman–Crippen LogP) is 1.30. The lowest BCUT2D eigenvalue weighted by Gasteiger charge is -2.26. The van der Waals surface area contributed by atoms with Crippen LogP contribution in [0.3, 0.4) is 0 Å². The zero-order valence-corrected chi connectivity index (χ0v) is 17.9. The van der Waals surface area contributed by atoms with Gasteiger partial charge in [0.15, 0.2) is 0 Å². The van der Waals surface area contributed by atoms with E-state index in [0.29, 0.717) is 31.7 Å². The highest BCUT2D eigenvalue weighted by molar-refractivity contribution is 6.11. The van der Waals surface area contributed by atoms with Gasteiger partial charge in [0.25, 0.3) is 5.91 Å². The number of carbonyl (C=O) groups excluding carboxylic acids is 2. The second kappa shape index (κ2) is 8.33. The molecule has 0 spiro atoms. The molecule has 2 aliphatic rings. The summed E-state index contributed by atoms with van der Waals surface area (Å²) in [6.07, 6.45) is 1.87. The second-order valence-electron chi connectivity index (χ2n) is 7.62. The molecule has 0 saturated carbocycles. The highest BCUT2D eigenvalue weighted by Gasteiger charge is 2.34. The summed E-state index contributed by atoms with van der Waals surface area (Å²) in [5, 5.41) is 9.04. The summed E-state index contributed by atoms with van der Waals surface area (Å²) in [6.45, 7) is 4.78. The minimum Gasteiger partial charge on any atom is -0.480 e. The zero-order chi connectivity index (χ0) is 23.0. The number of fused-ring (bicyclic) bond motifs is 1. The van der Waals surface area contributed by atoms with Crippen molar-refractivity contribution < 1.29 is 24.2 Å². The molecule has 32 heavy (non-hydrogen) atoms. The number of anilines is 3. The Balaban J connectivity index is 1.70. The zero-order valence-electron chi connectivity index (χ0n) is 17.9. The van der Waals surface area contributed by atoms with Crippen molar-refractivity contribution in [3.05, 3.63) is 35.2 Å². The van der Waals surface area contributed by atoms with Gasteiger partial charge in [0.2, 0.25) is 5.88 Å². The molecule has 0 unspecified atom stereocenters. The Morgan fingerprint density at radius 3 is 2.69 bits per heavy atom. The minimum absolute atomic E-state index is 0.0529. The normalized spacial score (nSPS) is 16.1. The Labute approximate surface area is 184 Å². The maximum atomic E-state index is 13.3. The number of hydrogen-bond acceptors (Lipinski definition) is 7. The van der Waals surface area contributed by atoms with Crippen LogP contribution in [-0.4, -0.2) is 70.7 Å². The van der Waals surface area contributed by atoms with Gasteiger partial charge in [0.05, 0.1) is 12.2 Å². The maximum Gasteiger partial charge on any atom is 0.325 e. The Kier molecular flexibility index (Phi) is 5.56. The number of ether oxygens (including phenoxy) is 1. The van der Waals surface area contributed by atoms with E-state index in [9.17, 15) is 14.4 Å². The van der Waals surface area contributed by atoms with E-state index in [2.05, 4.69) is 9.97 Å². The molecular formula is C21H24N6O5. The molecule has 3 heterocycles. The molecule has 0 atom stereocenters. The number of aryl methyl sites for hydroxylation is 2. The van der Waals surface area contributed by atoms with E-state index in [1.165, 1.54) is 11.2 Å². The molecule has 0 aliphatic carbocycles. The Bertz CT molecular complexity index is 1100. The molecule has 11 nitrogen and oxygen atoms in total. The summed E-state index contributed by atoms with van der Waals surface area (Å²) in [5.41, 5.74) is 9.14. The third-order valence-corrected chi connectivity index (χ3v) is 5.60. The Hall–Kier alpha value is -3.89. The molecule has 11 heteroatoms. The number of carboxylic acids is 1. The van der Waals surface area contributed by atoms with E-state index in [1.807, 2.05) is 26.0 Å². The lowest BCUT2D eigenvalue weighted by molar-refractivity contribution is -0.137. The molecule has 1 fully saturated rings. The number of amides is 3. The number of nitrogens with zero attached hydrogens (tertiary/aromatic N) is 5. The average Bonchev–Trinajstić information content (AvgIpc) is 2.99.